The van der Waals surface area contributed by atoms with Crippen LogP contribution in [0.5, 0.6) is 0 Å². The summed E-state index contributed by atoms with van der Waals surface area (Å²) in [6.07, 6.45) is 0. The Bertz CT molecular complexity index is 599. The van der Waals surface area contributed by atoms with E-state index >= 15 is 0 Å². The van der Waals surface area contributed by atoms with Gasteiger partial charge in [0.15, 0.2) is 0 Å². The highest BCUT2D eigenvalue weighted by atomic mass is 35.5. The maximum atomic E-state index is 10.5. The number of halogens is 1. The highest BCUT2D eigenvalue weighted by molar-refractivity contribution is 6.30. The van der Waals surface area contributed by atoms with Crippen LogP contribution in [0.25, 0.3) is 11.3 Å². The molecule has 6 heteroatoms. The third kappa shape index (κ3) is 3.66. The predicted molar refractivity (Wildman–Crippen MR) is 73.3 cm³/mol. The zero-order valence-corrected chi connectivity index (χ0v) is 11.0. The summed E-state index contributed by atoms with van der Waals surface area (Å²) in [5.74, 6) is -0.662. The van der Waals surface area contributed by atoms with E-state index in [9.17, 15) is 4.79 Å². The molecule has 0 aliphatic heterocycles. The van der Waals surface area contributed by atoms with Crippen molar-refractivity contribution in [3.05, 3.63) is 41.0 Å². The van der Waals surface area contributed by atoms with Crippen molar-refractivity contribution in [1.29, 1.82) is 0 Å². The summed E-state index contributed by atoms with van der Waals surface area (Å²) >= 11 is 5.84. The summed E-state index contributed by atoms with van der Waals surface area (Å²) in [6, 6.07) is 9.09. The Morgan fingerprint density at radius 3 is 2.63 bits per heavy atom. The molecule has 0 saturated heterocycles. The van der Waals surface area contributed by atoms with Crippen molar-refractivity contribution in [3.8, 4) is 11.3 Å². The van der Waals surface area contributed by atoms with Gasteiger partial charge >= 0.3 is 5.97 Å². The van der Waals surface area contributed by atoms with Crippen molar-refractivity contribution in [1.82, 2.24) is 9.97 Å². The predicted octanol–water partition coefficient (Wildman–Crippen LogP) is 2.60. The Morgan fingerprint density at radius 2 is 2.00 bits per heavy atom. The van der Waals surface area contributed by atoms with Crippen LogP contribution in [-0.2, 0) is 4.79 Å². The van der Waals surface area contributed by atoms with Crippen LogP contribution in [0.15, 0.2) is 30.3 Å². The average Bonchev–Trinajstić information content (AvgIpc) is 2.36. The van der Waals surface area contributed by atoms with Crippen molar-refractivity contribution in [2.75, 3.05) is 11.9 Å². The van der Waals surface area contributed by atoms with E-state index in [2.05, 4.69) is 15.3 Å². The molecule has 1 aromatic heterocycles. The van der Waals surface area contributed by atoms with Crippen LogP contribution in [0.1, 0.15) is 5.69 Å². The minimum atomic E-state index is -0.960. The molecule has 0 aliphatic rings. The number of aryl methyl sites for hydroxylation is 1. The molecular weight excluding hydrogens is 266 g/mol. The lowest BCUT2D eigenvalue weighted by Crippen LogP contribution is -2.14. The molecule has 2 aromatic rings. The monoisotopic (exact) mass is 277 g/mol. The minimum absolute atomic E-state index is 0.219. The van der Waals surface area contributed by atoms with Crippen LogP contribution in [-0.4, -0.2) is 27.6 Å². The van der Waals surface area contributed by atoms with Gasteiger partial charge < -0.3 is 10.4 Å². The van der Waals surface area contributed by atoms with Crippen LogP contribution in [0, 0.1) is 6.92 Å². The third-order valence-corrected chi connectivity index (χ3v) is 2.64. The van der Waals surface area contributed by atoms with Gasteiger partial charge in [0.2, 0.25) is 5.95 Å². The van der Waals surface area contributed by atoms with E-state index in [-0.39, 0.29) is 6.54 Å². The molecule has 0 atom stereocenters. The number of nitrogens with zero attached hydrogens (tertiary/aromatic N) is 2. The molecule has 2 N–H and O–H groups in total. The van der Waals surface area contributed by atoms with Crippen molar-refractivity contribution in [2.45, 2.75) is 6.92 Å². The summed E-state index contributed by atoms with van der Waals surface area (Å²) in [6.45, 7) is 1.61. The second-order valence-corrected chi connectivity index (χ2v) is 4.41. The first-order valence-corrected chi connectivity index (χ1v) is 5.99. The number of aliphatic carboxylic acids is 1. The van der Waals surface area contributed by atoms with Gasteiger partial charge in [0.1, 0.15) is 6.54 Å². The Morgan fingerprint density at radius 1 is 1.32 bits per heavy atom. The SMILES string of the molecule is Cc1cc(-c2ccc(Cl)cc2)nc(NCC(=O)O)n1. The first-order chi connectivity index (χ1) is 9.04. The number of aromatic nitrogens is 2. The molecule has 1 aromatic carbocycles. The number of nitrogens with one attached hydrogen (secondary N) is 1. The summed E-state index contributed by atoms with van der Waals surface area (Å²) in [5, 5.41) is 11.9. The maximum absolute atomic E-state index is 10.5. The van der Waals surface area contributed by atoms with Crippen LogP contribution in [0.2, 0.25) is 5.02 Å². The standard InChI is InChI=1S/C13H12ClN3O2/c1-8-6-11(9-2-4-10(14)5-3-9)17-13(16-8)15-7-12(18)19/h2-6H,7H2,1H3,(H,18,19)(H,15,16,17). The molecule has 0 unspecified atom stereocenters. The lowest BCUT2D eigenvalue weighted by atomic mass is 10.1. The van der Waals surface area contributed by atoms with Crippen LogP contribution in [0.3, 0.4) is 0 Å². The molecule has 1 heterocycles. The molecule has 0 saturated carbocycles. The van der Waals surface area contributed by atoms with Gasteiger partial charge in [-0.3, -0.25) is 4.79 Å². The normalized spacial score (nSPS) is 10.2. The summed E-state index contributed by atoms with van der Waals surface area (Å²) < 4.78 is 0. The van der Waals surface area contributed by atoms with Crippen molar-refractivity contribution in [2.24, 2.45) is 0 Å². The van der Waals surface area contributed by atoms with Crippen molar-refractivity contribution < 1.29 is 9.90 Å². The van der Waals surface area contributed by atoms with E-state index in [1.807, 2.05) is 25.1 Å². The van der Waals surface area contributed by atoms with Crippen molar-refractivity contribution in [3.63, 3.8) is 0 Å². The van der Waals surface area contributed by atoms with Gasteiger partial charge in [-0.15, -0.1) is 0 Å². The number of carboxylic acid groups (broad SMARTS) is 1. The largest absolute Gasteiger partial charge is 0.480 e. The molecule has 0 bridgehead atoms. The molecular formula is C13H12ClN3O2. The topological polar surface area (TPSA) is 75.1 Å². The zero-order chi connectivity index (χ0) is 13.8. The molecule has 0 fully saturated rings. The zero-order valence-electron chi connectivity index (χ0n) is 10.2. The number of benzene rings is 1. The third-order valence-electron chi connectivity index (χ3n) is 2.39. The Balaban J connectivity index is 2.30. The van der Waals surface area contributed by atoms with Crippen LogP contribution in [0.4, 0.5) is 5.95 Å². The molecule has 0 radical (unpaired) electrons. The van der Waals surface area contributed by atoms with Gasteiger partial charge in [-0.1, -0.05) is 23.7 Å². The van der Waals surface area contributed by atoms with E-state index < -0.39 is 5.97 Å². The second kappa shape index (κ2) is 5.67. The molecule has 0 amide bonds. The smallest absolute Gasteiger partial charge is 0.322 e. The number of carbonyl (C=O) groups is 1. The Hall–Kier alpha value is -2.14. The highest BCUT2D eigenvalue weighted by Crippen LogP contribution is 2.21. The van der Waals surface area contributed by atoms with E-state index in [0.717, 1.165) is 17.0 Å². The quantitative estimate of drug-likeness (QED) is 0.898. The van der Waals surface area contributed by atoms with E-state index in [1.165, 1.54) is 0 Å². The maximum Gasteiger partial charge on any atom is 0.322 e. The number of anilines is 1. The lowest BCUT2D eigenvalue weighted by Gasteiger charge is -2.07. The first-order valence-electron chi connectivity index (χ1n) is 5.62. The van der Waals surface area contributed by atoms with Crippen LogP contribution >= 0.6 is 11.6 Å². The van der Waals surface area contributed by atoms with Gasteiger partial charge in [-0.2, -0.15) is 0 Å². The second-order valence-electron chi connectivity index (χ2n) is 3.97. The fourth-order valence-electron chi connectivity index (χ4n) is 1.57. The number of hydrogen-bond acceptors (Lipinski definition) is 4. The Kier molecular flexibility index (Phi) is 3.97. The van der Waals surface area contributed by atoms with E-state index in [0.29, 0.717) is 11.0 Å². The van der Waals surface area contributed by atoms with E-state index in [4.69, 9.17) is 16.7 Å². The molecule has 98 valence electrons. The van der Waals surface area contributed by atoms with Gasteiger partial charge in [0, 0.05) is 16.3 Å². The van der Waals surface area contributed by atoms with Gasteiger partial charge in [-0.05, 0) is 25.1 Å². The highest BCUT2D eigenvalue weighted by Gasteiger charge is 2.06. The molecule has 5 nitrogen and oxygen atoms in total. The Labute approximate surface area is 115 Å². The van der Waals surface area contributed by atoms with Crippen LogP contribution < -0.4 is 5.32 Å². The number of rotatable bonds is 4. The summed E-state index contributed by atoms with van der Waals surface area (Å²) in [4.78, 5) is 18.9. The van der Waals surface area contributed by atoms with E-state index in [1.54, 1.807) is 12.1 Å². The minimum Gasteiger partial charge on any atom is -0.480 e. The van der Waals surface area contributed by atoms with Gasteiger partial charge in [0.05, 0.1) is 5.69 Å². The number of hydrogen-bond donors (Lipinski definition) is 2. The molecule has 0 spiro atoms. The first kappa shape index (κ1) is 13.3. The summed E-state index contributed by atoms with van der Waals surface area (Å²) in [7, 11) is 0. The van der Waals surface area contributed by atoms with Gasteiger partial charge in [0.25, 0.3) is 0 Å². The molecule has 2 rings (SSSR count). The fourth-order valence-corrected chi connectivity index (χ4v) is 1.70. The average molecular weight is 278 g/mol. The van der Waals surface area contributed by atoms with Crippen molar-refractivity contribution >= 4 is 23.5 Å². The fraction of sp³-hybridized carbons (Fsp3) is 0.154. The van der Waals surface area contributed by atoms with Gasteiger partial charge in [-0.25, -0.2) is 9.97 Å². The lowest BCUT2D eigenvalue weighted by molar-refractivity contribution is -0.134. The summed E-state index contributed by atoms with van der Waals surface area (Å²) in [5.41, 5.74) is 2.37. The molecule has 0 aliphatic carbocycles. The molecule has 19 heavy (non-hydrogen) atoms. The number of carboxylic acids is 1.